The summed E-state index contributed by atoms with van der Waals surface area (Å²) in [4.78, 5) is 72.8. The van der Waals surface area contributed by atoms with Crippen molar-refractivity contribution in [1.29, 1.82) is 0 Å². The van der Waals surface area contributed by atoms with Gasteiger partial charge in [-0.15, -0.1) is 0 Å². The Kier molecular flexibility index (Phi) is 63.1. The lowest BCUT2D eigenvalue weighted by molar-refractivity contribution is -0.161. The molecule has 0 aliphatic rings. The van der Waals surface area contributed by atoms with E-state index in [9.17, 15) is 43.2 Å². The van der Waals surface area contributed by atoms with Gasteiger partial charge in [-0.2, -0.15) is 0 Å². The average Bonchev–Trinajstić information content (AvgIpc) is 2.01. The van der Waals surface area contributed by atoms with Crippen LogP contribution in [0.1, 0.15) is 376 Å². The van der Waals surface area contributed by atoms with Crippen molar-refractivity contribution >= 4 is 39.5 Å². The molecule has 0 aromatic heterocycles. The lowest BCUT2D eigenvalue weighted by atomic mass is 10.0. The minimum atomic E-state index is -4.96. The van der Waals surface area contributed by atoms with Gasteiger partial charge >= 0.3 is 39.5 Å². The van der Waals surface area contributed by atoms with E-state index in [2.05, 4.69) is 55.4 Å². The lowest BCUT2D eigenvalue weighted by Crippen LogP contribution is -2.30. The van der Waals surface area contributed by atoms with Crippen LogP contribution in [0.5, 0.6) is 0 Å². The molecule has 0 aliphatic carbocycles. The van der Waals surface area contributed by atoms with E-state index in [1.807, 2.05) is 0 Å². The van der Waals surface area contributed by atoms with Crippen molar-refractivity contribution in [1.82, 2.24) is 0 Å². The van der Waals surface area contributed by atoms with Crippen LogP contribution in [0.15, 0.2) is 0 Å². The molecule has 94 heavy (non-hydrogen) atoms. The first-order valence-electron chi connectivity index (χ1n) is 38.7. The number of phosphoric acid groups is 2. The first kappa shape index (κ1) is 92.1. The normalized spacial score (nSPS) is 14.2. The fraction of sp³-hybridized carbons (Fsp3) is 0.947. The quantitative estimate of drug-likeness (QED) is 0.0222. The predicted octanol–water partition coefficient (Wildman–Crippen LogP) is 21.7. The van der Waals surface area contributed by atoms with Gasteiger partial charge in [-0.25, -0.2) is 9.13 Å². The first-order valence-corrected chi connectivity index (χ1v) is 41.7. The molecule has 0 spiro atoms. The van der Waals surface area contributed by atoms with Gasteiger partial charge in [-0.05, 0) is 49.4 Å². The van der Waals surface area contributed by atoms with Crippen molar-refractivity contribution in [2.24, 2.45) is 23.7 Å². The smallest absolute Gasteiger partial charge is 0.462 e. The second kappa shape index (κ2) is 64.4. The highest BCUT2D eigenvalue weighted by molar-refractivity contribution is 7.47. The third-order valence-corrected chi connectivity index (χ3v) is 19.2. The van der Waals surface area contributed by atoms with Crippen LogP contribution in [-0.2, 0) is 65.4 Å². The Morgan fingerprint density at radius 2 is 0.447 bits per heavy atom. The molecular weight excluding hydrogens is 1230 g/mol. The first-order chi connectivity index (χ1) is 45.1. The zero-order valence-corrected chi connectivity index (χ0v) is 63.4. The molecule has 0 aliphatic heterocycles. The third-order valence-electron chi connectivity index (χ3n) is 17.3. The van der Waals surface area contributed by atoms with Gasteiger partial charge in [0, 0.05) is 25.7 Å². The van der Waals surface area contributed by atoms with Crippen molar-refractivity contribution in [2.75, 3.05) is 39.6 Å². The van der Waals surface area contributed by atoms with Crippen LogP contribution in [0.2, 0.25) is 0 Å². The topological polar surface area (TPSA) is 237 Å². The number of ether oxygens (including phenoxy) is 4. The molecule has 0 amide bonds. The summed E-state index contributed by atoms with van der Waals surface area (Å²) in [5.74, 6) is 0.898. The highest BCUT2D eigenvalue weighted by Crippen LogP contribution is 2.45. The summed E-state index contributed by atoms with van der Waals surface area (Å²) in [6, 6.07) is 0. The van der Waals surface area contributed by atoms with Crippen LogP contribution in [0.4, 0.5) is 0 Å². The summed E-state index contributed by atoms with van der Waals surface area (Å²) in [7, 11) is -9.91. The highest BCUT2D eigenvalue weighted by Gasteiger charge is 2.30. The van der Waals surface area contributed by atoms with Crippen LogP contribution in [0, 0.1) is 23.7 Å². The van der Waals surface area contributed by atoms with Crippen LogP contribution in [-0.4, -0.2) is 96.7 Å². The number of phosphoric ester groups is 2. The molecule has 0 saturated carbocycles. The Balaban J connectivity index is 5.25. The number of hydrogen-bond acceptors (Lipinski definition) is 15. The molecule has 0 radical (unpaired) electrons. The molecule has 0 rings (SSSR count). The van der Waals surface area contributed by atoms with Crippen molar-refractivity contribution in [3.8, 4) is 0 Å². The monoisotopic (exact) mass is 1380 g/mol. The summed E-state index contributed by atoms with van der Waals surface area (Å²) in [5.41, 5.74) is 0. The zero-order chi connectivity index (χ0) is 69.6. The number of aliphatic hydroxyl groups is 1. The molecule has 5 atom stereocenters. The number of hydrogen-bond donors (Lipinski definition) is 3. The minimum absolute atomic E-state index is 0.104. The molecule has 0 aromatic rings. The number of carbonyl (C=O) groups is 4. The number of unbranched alkanes of at least 4 members (excludes halogenated alkanes) is 38. The van der Waals surface area contributed by atoms with E-state index in [1.165, 1.54) is 180 Å². The van der Waals surface area contributed by atoms with Gasteiger partial charge in [0.05, 0.1) is 26.4 Å². The van der Waals surface area contributed by atoms with Crippen LogP contribution in [0.3, 0.4) is 0 Å². The summed E-state index contributed by atoms with van der Waals surface area (Å²) in [5, 5.41) is 10.6. The maximum Gasteiger partial charge on any atom is 0.472 e. The van der Waals surface area contributed by atoms with E-state index in [-0.39, 0.29) is 25.7 Å². The molecule has 0 aromatic carbocycles. The maximum atomic E-state index is 13.1. The predicted molar refractivity (Wildman–Crippen MR) is 381 cm³/mol. The van der Waals surface area contributed by atoms with Gasteiger partial charge in [0.15, 0.2) is 12.2 Å². The SMILES string of the molecule is CC(C)CCCCCCCCCCCCCCCCC(=O)O[C@H](COC(=O)CCCCCCCCCCCCCCC(C)C)COP(=O)(O)OCC(O)COP(=O)(O)OC[C@@H](COC(=O)CCCCCCCCCCC(C)C)OC(=O)CCCCCCCCCCC(C)C. The molecule has 19 heteroatoms. The van der Waals surface area contributed by atoms with Crippen molar-refractivity contribution in [3.05, 3.63) is 0 Å². The Bertz CT molecular complexity index is 1850. The van der Waals surface area contributed by atoms with Crippen LogP contribution in [0.25, 0.3) is 0 Å². The second-order valence-electron chi connectivity index (χ2n) is 28.9. The number of aliphatic hydroxyl groups excluding tert-OH is 1. The van der Waals surface area contributed by atoms with E-state index in [4.69, 9.17) is 37.0 Å². The largest absolute Gasteiger partial charge is 0.472 e. The van der Waals surface area contributed by atoms with E-state index < -0.39 is 97.5 Å². The van der Waals surface area contributed by atoms with E-state index in [1.54, 1.807) is 0 Å². The molecule has 0 saturated heterocycles. The standard InChI is InChI=1S/C75H146O17P2/c1-65(2)51-43-35-27-19-15-11-9-10-12-18-22-33-41-49-57-74(79)91-70(61-85-72(77)55-47-39-31-21-17-14-13-16-20-28-36-44-52-66(3)4)63-89-93(81,82)87-59-69(76)60-88-94(83,84)90-64-71(92-75(80)58-50-42-34-26-24-30-38-46-54-68(7)8)62-86-73(78)56-48-40-32-25-23-29-37-45-53-67(5)6/h65-71,76H,9-64H2,1-8H3,(H,81,82)(H,83,84)/t69?,70-,71-/m1/s1. The van der Waals surface area contributed by atoms with Crippen LogP contribution < -0.4 is 0 Å². The third kappa shape index (κ3) is 68.6. The van der Waals surface area contributed by atoms with Crippen molar-refractivity contribution in [2.45, 2.75) is 395 Å². The van der Waals surface area contributed by atoms with Gasteiger partial charge in [-0.1, -0.05) is 325 Å². The molecule has 17 nitrogen and oxygen atoms in total. The van der Waals surface area contributed by atoms with E-state index >= 15 is 0 Å². The van der Waals surface area contributed by atoms with Gasteiger partial charge < -0.3 is 33.8 Å². The summed E-state index contributed by atoms with van der Waals surface area (Å²) < 4.78 is 68.5. The molecule has 3 unspecified atom stereocenters. The molecular formula is C75H146O17P2. The van der Waals surface area contributed by atoms with E-state index in [0.717, 1.165) is 114 Å². The molecule has 0 fully saturated rings. The van der Waals surface area contributed by atoms with Gasteiger partial charge in [-0.3, -0.25) is 37.3 Å². The van der Waals surface area contributed by atoms with Crippen LogP contribution >= 0.6 is 15.6 Å². The fourth-order valence-corrected chi connectivity index (χ4v) is 13.0. The van der Waals surface area contributed by atoms with Gasteiger partial charge in [0.25, 0.3) is 0 Å². The molecule has 558 valence electrons. The Morgan fingerprint density at radius 1 is 0.266 bits per heavy atom. The average molecular weight is 1380 g/mol. The Hall–Kier alpha value is -1.94. The summed E-state index contributed by atoms with van der Waals surface area (Å²) in [6.45, 7) is 14.2. The van der Waals surface area contributed by atoms with Gasteiger partial charge in [0.2, 0.25) is 0 Å². The van der Waals surface area contributed by atoms with Gasteiger partial charge in [0.1, 0.15) is 19.3 Å². The fourth-order valence-electron chi connectivity index (χ4n) is 11.4. The lowest BCUT2D eigenvalue weighted by Gasteiger charge is -2.21. The highest BCUT2D eigenvalue weighted by atomic mass is 31.2. The number of esters is 4. The summed E-state index contributed by atoms with van der Waals surface area (Å²) in [6.07, 6.45) is 48.6. The second-order valence-corrected chi connectivity index (χ2v) is 31.9. The van der Waals surface area contributed by atoms with E-state index in [0.29, 0.717) is 25.7 Å². The van der Waals surface area contributed by atoms with Crippen molar-refractivity contribution < 1.29 is 80.2 Å². The Morgan fingerprint density at radius 3 is 0.660 bits per heavy atom. The van der Waals surface area contributed by atoms with Crippen molar-refractivity contribution in [3.63, 3.8) is 0 Å². The summed E-state index contributed by atoms with van der Waals surface area (Å²) >= 11 is 0. The molecule has 0 bridgehead atoms. The zero-order valence-electron chi connectivity index (χ0n) is 61.6. The Labute approximate surface area is 575 Å². The maximum absolute atomic E-state index is 13.1. The molecule has 3 N–H and O–H groups in total. The minimum Gasteiger partial charge on any atom is -0.462 e. The number of rotatable bonds is 72. The number of carbonyl (C=O) groups excluding carboxylic acids is 4. The molecule has 0 heterocycles.